The standard InChI is InChI=1S/C29H34ClN3O6S.C21H22ClN3O3S/c1-5-6-11-25-31-28(30)23(19-34)33(25)18-20-12-14-21(15-13-20)22-9-7-8-10-24(22)40(37,38)32-26(35)16-17-27(36)39-29(2,3)4;1-2-3-8-20-24-21(22)18(14-26)25(20)13-15-9-11-16(12-10-15)17-6-4-5-7-19(17)29(23,27)28/h7-10,12-15,19H,5-6,11,16-18H2,1-4H3,(H,32,35);4-7,9-12,14H,2-3,8,13H2,1H3,(H2,23,27,28). The first-order chi connectivity index (χ1) is 32.7. The number of carbonyl (C=O) groups excluding carboxylic acids is 4. The van der Waals surface area contributed by atoms with Gasteiger partial charge in [-0.3, -0.25) is 19.2 Å². The number of halogens is 2. The number of hydrogen-bond donors (Lipinski definition) is 2. The Balaban J connectivity index is 0.000000270. The number of hydrogen-bond acceptors (Lipinski definition) is 11. The molecule has 0 saturated heterocycles. The van der Waals surface area contributed by atoms with E-state index in [1.54, 1.807) is 73.9 Å². The summed E-state index contributed by atoms with van der Waals surface area (Å²) in [6.45, 7) is 10.1. The minimum atomic E-state index is -4.22. The third kappa shape index (κ3) is 14.8. The Morgan fingerprint density at radius 3 is 1.49 bits per heavy atom. The second-order valence-corrected chi connectivity index (χ2v) is 21.0. The molecule has 4 aromatic carbocycles. The third-order valence-corrected chi connectivity index (χ3v) is 13.6. The van der Waals surface area contributed by atoms with Gasteiger partial charge in [0, 0.05) is 43.5 Å². The molecule has 0 aliphatic carbocycles. The molecule has 0 aliphatic rings. The fourth-order valence-corrected chi connectivity index (χ4v) is 9.79. The molecule has 0 fully saturated rings. The molecule has 15 nitrogen and oxygen atoms in total. The smallest absolute Gasteiger partial charge is 0.306 e. The van der Waals surface area contributed by atoms with Gasteiger partial charge in [-0.25, -0.2) is 36.7 Å². The third-order valence-electron chi connectivity index (χ3n) is 10.6. The minimum Gasteiger partial charge on any atom is -0.460 e. The molecule has 0 aliphatic heterocycles. The summed E-state index contributed by atoms with van der Waals surface area (Å²) in [7, 11) is -8.05. The van der Waals surface area contributed by atoms with E-state index in [1.807, 2.05) is 41.0 Å². The highest BCUT2D eigenvalue weighted by atomic mass is 35.5. The molecular formula is C50H56Cl2N6O9S2. The molecule has 3 N–H and O–H groups in total. The summed E-state index contributed by atoms with van der Waals surface area (Å²) in [5.74, 6) is 0.121. The molecule has 19 heteroatoms. The second-order valence-electron chi connectivity index (χ2n) is 17.1. The number of rotatable bonds is 20. The highest BCUT2D eigenvalue weighted by Crippen LogP contribution is 2.30. The van der Waals surface area contributed by atoms with Crippen LogP contribution >= 0.6 is 23.2 Å². The Hall–Kier alpha value is -5.98. The SMILES string of the molecule is CCCCc1nc(Cl)c(C=O)n1Cc1ccc(-c2ccccc2S(=O)(=O)NC(=O)CCC(=O)OC(C)(C)C)cc1.CCCCc1nc(Cl)c(C=O)n1Cc1ccc(-c2ccccc2S(N)(=O)=O)cc1. The number of benzene rings is 4. The van der Waals surface area contributed by atoms with Crippen molar-refractivity contribution in [1.82, 2.24) is 23.8 Å². The maximum absolute atomic E-state index is 13.1. The number of primary sulfonamides is 1. The number of nitrogens with zero attached hydrogens (tertiary/aromatic N) is 4. The molecule has 0 bridgehead atoms. The lowest BCUT2D eigenvalue weighted by atomic mass is 10.0. The van der Waals surface area contributed by atoms with Crippen molar-refractivity contribution in [3.8, 4) is 22.3 Å². The fraction of sp³-hybridized carbons (Fsp3) is 0.320. The zero-order valence-corrected chi connectivity index (χ0v) is 42.2. The predicted octanol–water partition coefficient (Wildman–Crippen LogP) is 9.39. The predicted molar refractivity (Wildman–Crippen MR) is 266 cm³/mol. The van der Waals surface area contributed by atoms with Gasteiger partial charge >= 0.3 is 5.97 Å². The van der Waals surface area contributed by atoms with Crippen LogP contribution < -0.4 is 9.86 Å². The van der Waals surface area contributed by atoms with E-state index in [2.05, 4.69) is 28.5 Å². The number of ether oxygens (including phenoxy) is 1. The van der Waals surface area contributed by atoms with E-state index >= 15 is 0 Å². The first-order valence-corrected chi connectivity index (χ1v) is 26.0. The van der Waals surface area contributed by atoms with Crippen molar-refractivity contribution >= 4 is 67.7 Å². The molecule has 69 heavy (non-hydrogen) atoms. The highest BCUT2D eigenvalue weighted by molar-refractivity contribution is 7.90. The lowest BCUT2D eigenvalue weighted by Gasteiger charge is -2.19. The van der Waals surface area contributed by atoms with E-state index in [9.17, 15) is 36.0 Å². The van der Waals surface area contributed by atoms with Crippen LogP contribution in [0.2, 0.25) is 10.3 Å². The molecule has 6 rings (SSSR count). The van der Waals surface area contributed by atoms with Crippen LogP contribution in [0.25, 0.3) is 22.3 Å². The van der Waals surface area contributed by atoms with Gasteiger partial charge in [0.1, 0.15) is 28.6 Å². The van der Waals surface area contributed by atoms with Crippen LogP contribution in [0.5, 0.6) is 0 Å². The topological polar surface area (TPSA) is 219 Å². The number of aromatic nitrogens is 4. The van der Waals surface area contributed by atoms with E-state index in [0.717, 1.165) is 66.7 Å². The van der Waals surface area contributed by atoms with Crippen LogP contribution in [-0.4, -0.2) is 66.0 Å². The Morgan fingerprint density at radius 2 is 1.09 bits per heavy atom. The van der Waals surface area contributed by atoms with Crippen molar-refractivity contribution in [2.45, 2.75) is 114 Å². The second kappa shape index (κ2) is 24.0. The molecule has 6 aromatic rings. The average molecular weight is 1020 g/mol. The van der Waals surface area contributed by atoms with E-state index in [-0.39, 0.29) is 32.9 Å². The van der Waals surface area contributed by atoms with E-state index < -0.39 is 37.5 Å². The lowest BCUT2D eigenvalue weighted by Crippen LogP contribution is -2.32. The molecule has 0 atom stereocenters. The summed E-state index contributed by atoms with van der Waals surface area (Å²) in [5, 5.41) is 5.72. The van der Waals surface area contributed by atoms with E-state index in [4.69, 9.17) is 33.1 Å². The van der Waals surface area contributed by atoms with E-state index in [0.29, 0.717) is 53.9 Å². The number of imidazole rings is 2. The van der Waals surface area contributed by atoms with Crippen molar-refractivity contribution in [1.29, 1.82) is 0 Å². The molecule has 0 saturated carbocycles. The van der Waals surface area contributed by atoms with Gasteiger partial charge in [-0.15, -0.1) is 0 Å². The van der Waals surface area contributed by atoms with Gasteiger partial charge in [0.25, 0.3) is 10.0 Å². The molecule has 2 aromatic heterocycles. The van der Waals surface area contributed by atoms with Crippen LogP contribution in [0.15, 0.2) is 107 Å². The molecule has 2 heterocycles. The first kappa shape index (κ1) is 54.0. The Kier molecular flexibility index (Phi) is 18.8. The molecule has 0 unspecified atom stereocenters. The maximum Gasteiger partial charge on any atom is 0.306 e. The van der Waals surface area contributed by atoms with Gasteiger partial charge in [-0.1, -0.05) is 135 Å². The van der Waals surface area contributed by atoms with Gasteiger partial charge < -0.3 is 13.9 Å². The number of unbranched alkanes of at least 4 members (excludes halogenated alkanes) is 2. The Labute approximate surface area is 413 Å². The van der Waals surface area contributed by atoms with Crippen molar-refractivity contribution in [2.24, 2.45) is 5.14 Å². The van der Waals surface area contributed by atoms with Crippen molar-refractivity contribution in [3.63, 3.8) is 0 Å². The highest BCUT2D eigenvalue weighted by Gasteiger charge is 2.24. The maximum atomic E-state index is 13.1. The van der Waals surface area contributed by atoms with Crippen LogP contribution in [0, 0.1) is 0 Å². The summed E-state index contributed by atoms with van der Waals surface area (Å²) in [5.41, 5.74) is 4.10. The number of amides is 1. The lowest BCUT2D eigenvalue weighted by molar-refractivity contribution is -0.155. The summed E-state index contributed by atoms with van der Waals surface area (Å²) in [6, 6.07) is 27.6. The largest absolute Gasteiger partial charge is 0.460 e. The summed E-state index contributed by atoms with van der Waals surface area (Å²) < 4.78 is 60.8. The van der Waals surface area contributed by atoms with Crippen molar-refractivity contribution in [2.75, 3.05) is 0 Å². The van der Waals surface area contributed by atoms with Gasteiger partial charge in [0.2, 0.25) is 15.9 Å². The number of aldehydes is 2. The normalized spacial score (nSPS) is 11.7. The summed E-state index contributed by atoms with van der Waals surface area (Å²) in [4.78, 5) is 56.1. The number of aryl methyl sites for hydroxylation is 2. The Bertz CT molecular complexity index is 3000. The van der Waals surface area contributed by atoms with Crippen LogP contribution in [0.1, 0.15) is 117 Å². The minimum absolute atomic E-state index is 0.0696. The number of nitrogens with one attached hydrogen (secondary N) is 1. The van der Waals surface area contributed by atoms with Gasteiger partial charge in [-0.2, -0.15) is 0 Å². The molecule has 0 radical (unpaired) electrons. The van der Waals surface area contributed by atoms with Gasteiger partial charge in [0.05, 0.1) is 16.2 Å². The number of nitrogens with two attached hydrogens (primary N) is 1. The Morgan fingerprint density at radius 1 is 0.667 bits per heavy atom. The van der Waals surface area contributed by atoms with Crippen molar-refractivity contribution < 1.29 is 40.8 Å². The van der Waals surface area contributed by atoms with Gasteiger partial charge in [0.15, 0.2) is 22.9 Å². The zero-order chi connectivity index (χ0) is 50.5. The van der Waals surface area contributed by atoms with Crippen LogP contribution in [0.4, 0.5) is 0 Å². The number of carbonyl (C=O) groups is 4. The van der Waals surface area contributed by atoms with Crippen molar-refractivity contribution in [3.05, 3.63) is 142 Å². The monoisotopic (exact) mass is 1020 g/mol. The summed E-state index contributed by atoms with van der Waals surface area (Å²) in [6.07, 6.45) is 6.13. The number of sulfonamides is 2. The molecule has 1 amide bonds. The molecule has 366 valence electrons. The molecular weight excluding hydrogens is 964 g/mol. The fourth-order valence-electron chi connectivity index (χ4n) is 7.29. The quantitative estimate of drug-likeness (QED) is 0.0542. The van der Waals surface area contributed by atoms with E-state index in [1.165, 1.54) is 12.1 Å². The first-order valence-electron chi connectivity index (χ1n) is 22.3. The van der Waals surface area contributed by atoms with Gasteiger partial charge in [-0.05, 0) is 68.0 Å². The average Bonchev–Trinajstić information content (AvgIpc) is 3.78. The van der Waals surface area contributed by atoms with Crippen LogP contribution in [-0.2, 0) is 60.3 Å². The molecule has 0 spiro atoms. The zero-order valence-electron chi connectivity index (χ0n) is 39.1. The number of esters is 1. The summed E-state index contributed by atoms with van der Waals surface area (Å²) >= 11 is 12.3. The van der Waals surface area contributed by atoms with Crippen LogP contribution in [0.3, 0.4) is 0 Å².